The molecule has 46 valence electrons. The van der Waals surface area contributed by atoms with Gasteiger partial charge in [-0.15, -0.1) is 4.74 Å². The maximum Gasteiger partial charge on any atom is 0.378 e. The lowest BCUT2D eigenvalue weighted by molar-refractivity contribution is -0.310. The Bertz CT molecular complexity index is 144. The van der Waals surface area contributed by atoms with E-state index < -0.39 is 0 Å². The highest BCUT2D eigenvalue weighted by Gasteiger charge is 2.13. The SMILES string of the molecule is Cn1c([O-])c(Cl)[o+]1C. The third-order valence-corrected chi connectivity index (χ3v) is 1.51. The molecule has 0 radical (unpaired) electrons. The van der Waals surface area contributed by atoms with Gasteiger partial charge in [-0.2, -0.15) is 0 Å². The maximum atomic E-state index is 10.5. The standard InChI is InChI=1S/C4H6ClNO2/c1-6-4(7)3(5)8(6)2/h1-2H3. The summed E-state index contributed by atoms with van der Waals surface area (Å²) in [5, 5.41) is 10.7. The van der Waals surface area contributed by atoms with Crippen molar-refractivity contribution in [3.05, 3.63) is 5.22 Å². The van der Waals surface area contributed by atoms with Crippen LogP contribution in [0.1, 0.15) is 0 Å². The van der Waals surface area contributed by atoms with Gasteiger partial charge in [0.05, 0.1) is 7.05 Å². The highest BCUT2D eigenvalue weighted by Crippen LogP contribution is 2.28. The normalized spacial score (nSPS) is 10.4. The molecular weight excluding hydrogens is 130 g/mol. The molecule has 0 saturated heterocycles. The van der Waals surface area contributed by atoms with Crippen LogP contribution in [0, 0.1) is 0 Å². The molecule has 0 bridgehead atoms. The highest BCUT2D eigenvalue weighted by molar-refractivity contribution is 6.30. The molecule has 1 heterocycles. The molecule has 0 spiro atoms. The second kappa shape index (κ2) is 1.45. The van der Waals surface area contributed by atoms with Gasteiger partial charge in [0, 0.05) is 11.6 Å². The zero-order chi connectivity index (χ0) is 6.31. The van der Waals surface area contributed by atoms with Crippen LogP contribution in [0.2, 0.25) is 5.22 Å². The molecule has 0 N–H and O–H groups in total. The van der Waals surface area contributed by atoms with E-state index in [1.807, 2.05) is 0 Å². The monoisotopic (exact) mass is 135 g/mol. The zero-order valence-electron chi connectivity index (χ0n) is 4.64. The Morgan fingerprint density at radius 1 is 1.75 bits per heavy atom. The number of halogens is 1. The largest absolute Gasteiger partial charge is 0.848 e. The molecule has 1 aromatic heterocycles. The minimum absolute atomic E-state index is 0.154. The van der Waals surface area contributed by atoms with E-state index in [-0.39, 0.29) is 11.1 Å². The first-order chi connectivity index (χ1) is 3.64. The quantitative estimate of drug-likeness (QED) is 0.479. The first-order valence-electron chi connectivity index (χ1n) is 2.11. The van der Waals surface area contributed by atoms with Crippen molar-refractivity contribution in [2.75, 3.05) is 0 Å². The first kappa shape index (κ1) is 5.56. The van der Waals surface area contributed by atoms with Crippen LogP contribution >= 0.6 is 11.6 Å². The van der Waals surface area contributed by atoms with Crippen LogP contribution in [0.3, 0.4) is 0 Å². The van der Waals surface area contributed by atoms with Crippen molar-refractivity contribution in [2.45, 2.75) is 0 Å². The predicted octanol–water partition coefficient (Wildman–Crippen LogP) is 0.570. The smallest absolute Gasteiger partial charge is 0.378 e. The van der Waals surface area contributed by atoms with Crippen molar-refractivity contribution in [2.24, 2.45) is 14.2 Å². The van der Waals surface area contributed by atoms with Gasteiger partial charge in [0.2, 0.25) is 0 Å². The van der Waals surface area contributed by atoms with Crippen LogP contribution in [0.25, 0.3) is 0 Å². The van der Waals surface area contributed by atoms with Crippen LogP contribution in [0.15, 0.2) is 4.15 Å². The fraction of sp³-hybridized carbons (Fsp3) is 0.500. The lowest BCUT2D eigenvalue weighted by Gasteiger charge is -2.18. The molecule has 1 rings (SSSR count). The van der Waals surface area contributed by atoms with E-state index in [0.717, 1.165) is 0 Å². The zero-order valence-corrected chi connectivity index (χ0v) is 5.40. The van der Waals surface area contributed by atoms with Crippen LogP contribution < -0.4 is 5.11 Å². The minimum Gasteiger partial charge on any atom is -0.848 e. The van der Waals surface area contributed by atoms with Crippen LogP contribution in [-0.2, 0) is 14.2 Å². The van der Waals surface area contributed by atoms with Crippen molar-refractivity contribution in [3.63, 3.8) is 0 Å². The molecule has 0 aliphatic rings. The molecule has 0 fully saturated rings. The summed E-state index contributed by atoms with van der Waals surface area (Å²) in [6.07, 6.45) is 0. The van der Waals surface area contributed by atoms with Crippen LogP contribution in [0.5, 0.6) is 5.88 Å². The van der Waals surface area contributed by atoms with Gasteiger partial charge in [-0.3, -0.25) is 0 Å². The van der Waals surface area contributed by atoms with Gasteiger partial charge < -0.3 is 9.26 Å². The van der Waals surface area contributed by atoms with Crippen LogP contribution in [0.4, 0.5) is 0 Å². The lowest BCUT2D eigenvalue weighted by atomic mass is 10.8. The molecule has 8 heavy (non-hydrogen) atoms. The Morgan fingerprint density at radius 2 is 2.25 bits per heavy atom. The van der Waals surface area contributed by atoms with Gasteiger partial charge in [-0.25, -0.2) is 0 Å². The summed E-state index contributed by atoms with van der Waals surface area (Å²) in [6.45, 7) is 0. The maximum absolute atomic E-state index is 10.5. The van der Waals surface area contributed by atoms with Crippen molar-refractivity contribution < 1.29 is 9.26 Å². The molecule has 0 aliphatic carbocycles. The third-order valence-electron chi connectivity index (χ3n) is 1.12. The molecule has 1 aromatic rings. The molecule has 0 unspecified atom stereocenters. The Morgan fingerprint density at radius 3 is 2.38 bits per heavy atom. The van der Waals surface area contributed by atoms with Crippen molar-refractivity contribution in [1.82, 2.24) is 4.74 Å². The number of aromatic nitrogens is 1. The number of nitrogens with zero attached hydrogens (tertiary/aromatic N) is 1. The second-order valence-electron chi connectivity index (χ2n) is 1.55. The summed E-state index contributed by atoms with van der Waals surface area (Å²) in [5.74, 6) is -0.154. The van der Waals surface area contributed by atoms with E-state index >= 15 is 0 Å². The molecule has 4 heteroatoms. The van der Waals surface area contributed by atoms with E-state index in [1.54, 1.807) is 14.2 Å². The van der Waals surface area contributed by atoms with E-state index in [4.69, 9.17) is 11.6 Å². The Kier molecular flexibility index (Phi) is 1.01. The Labute approximate surface area is 51.7 Å². The first-order valence-corrected chi connectivity index (χ1v) is 2.49. The highest BCUT2D eigenvalue weighted by atomic mass is 35.5. The molecule has 0 saturated carbocycles. The van der Waals surface area contributed by atoms with Gasteiger partial charge in [-0.1, -0.05) is 0 Å². The number of rotatable bonds is 0. The Hall–Kier alpha value is -0.570. The average Bonchev–Trinajstić information content (AvgIpc) is 1.83. The van der Waals surface area contributed by atoms with Crippen molar-refractivity contribution in [1.29, 1.82) is 0 Å². The number of hydrogen-bond acceptors (Lipinski definition) is 1. The third kappa shape index (κ3) is 0.448. The van der Waals surface area contributed by atoms with Crippen LogP contribution in [-0.4, -0.2) is 4.74 Å². The van der Waals surface area contributed by atoms with Gasteiger partial charge >= 0.3 is 5.22 Å². The summed E-state index contributed by atoms with van der Waals surface area (Å²) in [4.78, 5) is 0. The molecule has 0 aromatic carbocycles. The topological polar surface area (TPSA) is 30.7 Å². The summed E-state index contributed by atoms with van der Waals surface area (Å²) < 4.78 is 3.64. The fourth-order valence-corrected chi connectivity index (χ4v) is 0.678. The predicted molar refractivity (Wildman–Crippen MR) is 27.7 cm³/mol. The second-order valence-corrected chi connectivity index (χ2v) is 1.90. The van der Waals surface area contributed by atoms with Gasteiger partial charge in [-0.05, 0) is 0 Å². The average molecular weight is 136 g/mol. The van der Waals surface area contributed by atoms with Gasteiger partial charge in [0.15, 0.2) is 13.0 Å². The van der Waals surface area contributed by atoms with E-state index in [1.165, 1.54) is 4.74 Å². The van der Waals surface area contributed by atoms with Gasteiger partial charge in [0.25, 0.3) is 0 Å². The fourth-order valence-electron chi connectivity index (χ4n) is 0.456. The van der Waals surface area contributed by atoms with E-state index in [0.29, 0.717) is 0 Å². The molecule has 3 nitrogen and oxygen atoms in total. The minimum atomic E-state index is -0.154. The van der Waals surface area contributed by atoms with Gasteiger partial charge in [0.1, 0.15) is 0 Å². The molecule has 0 atom stereocenters. The van der Waals surface area contributed by atoms with E-state index in [9.17, 15) is 5.11 Å². The summed E-state index contributed by atoms with van der Waals surface area (Å²) >= 11 is 5.36. The molecule has 0 aliphatic heterocycles. The van der Waals surface area contributed by atoms with Crippen molar-refractivity contribution >= 4 is 11.6 Å². The Balaban J connectivity index is 3.05. The lowest BCUT2D eigenvalue weighted by Crippen LogP contribution is -2.13. The number of hydrogen-bond donors (Lipinski definition) is 0. The van der Waals surface area contributed by atoms with E-state index in [2.05, 4.69) is 4.15 Å². The molecular formula is C4H6ClNO2. The van der Waals surface area contributed by atoms with Crippen molar-refractivity contribution in [3.8, 4) is 5.88 Å². The molecule has 0 amide bonds. The summed E-state index contributed by atoms with van der Waals surface area (Å²) in [5.41, 5.74) is 0. The summed E-state index contributed by atoms with van der Waals surface area (Å²) in [6, 6.07) is 0. The summed E-state index contributed by atoms with van der Waals surface area (Å²) in [7, 11) is 3.27.